The lowest BCUT2D eigenvalue weighted by atomic mass is 10.2. The van der Waals surface area contributed by atoms with Crippen molar-refractivity contribution in [1.82, 2.24) is 0 Å². The minimum atomic E-state index is 0.396. The van der Waals surface area contributed by atoms with Crippen molar-refractivity contribution in [2.45, 2.75) is 6.42 Å². The van der Waals surface area contributed by atoms with Crippen LogP contribution in [0, 0.1) is 0 Å². The molecule has 0 fully saturated rings. The van der Waals surface area contributed by atoms with E-state index in [9.17, 15) is 4.79 Å². The molecule has 0 aliphatic rings. The monoisotopic (exact) mass is 175 g/mol. The predicted octanol–water partition coefficient (Wildman–Crippen LogP) is 2.17. The minimum absolute atomic E-state index is 0.396. The van der Waals surface area contributed by atoms with Crippen LogP contribution in [0.1, 0.15) is 12.0 Å². The van der Waals surface area contributed by atoms with Crippen LogP contribution in [0.25, 0.3) is 6.08 Å². The largest absolute Gasteiger partial charge is 0.457 e. The zero-order valence-electron chi connectivity index (χ0n) is 7.27. The molecule has 0 aromatic heterocycles. The van der Waals surface area contributed by atoms with Crippen LogP contribution in [0.2, 0.25) is 0 Å². The predicted molar refractivity (Wildman–Crippen MR) is 51.7 cm³/mol. The summed E-state index contributed by atoms with van der Waals surface area (Å²) < 4.78 is 4.41. The van der Waals surface area contributed by atoms with Gasteiger partial charge >= 0.3 is 6.47 Å². The highest BCUT2D eigenvalue weighted by Crippen LogP contribution is 2.01. The maximum atomic E-state index is 9.67. The fourth-order valence-corrected chi connectivity index (χ4v) is 0.952. The second-order valence-electron chi connectivity index (χ2n) is 2.53. The van der Waals surface area contributed by atoms with Gasteiger partial charge in [-0.1, -0.05) is 42.5 Å². The smallest absolute Gasteiger partial charge is 0.417 e. The summed E-state index contributed by atoms with van der Waals surface area (Å²) in [5.74, 6) is 0. The molecule has 0 heterocycles. The van der Waals surface area contributed by atoms with Gasteiger partial charge in [-0.05, 0) is 12.0 Å². The van der Waals surface area contributed by atoms with Gasteiger partial charge in [-0.2, -0.15) is 0 Å². The zero-order chi connectivity index (χ0) is 9.36. The van der Waals surface area contributed by atoms with Crippen LogP contribution >= 0.6 is 0 Å². The second kappa shape index (κ2) is 6.00. The molecule has 0 aliphatic carbocycles. The van der Waals surface area contributed by atoms with Crippen molar-refractivity contribution in [2.75, 3.05) is 6.61 Å². The molecule has 0 saturated heterocycles. The van der Waals surface area contributed by atoms with E-state index in [2.05, 4.69) is 4.74 Å². The number of ether oxygens (including phenoxy) is 1. The fraction of sp³-hybridized carbons (Fsp3) is 0.182. The molecule has 0 atom stereocenters. The third kappa shape index (κ3) is 4.11. The fourth-order valence-electron chi connectivity index (χ4n) is 0.952. The Morgan fingerprint density at radius 1 is 1.31 bits per heavy atom. The summed E-state index contributed by atoms with van der Waals surface area (Å²) in [6, 6.07) is 9.97. The zero-order valence-corrected chi connectivity index (χ0v) is 7.27. The van der Waals surface area contributed by atoms with Crippen LogP contribution in [0.5, 0.6) is 0 Å². The lowest BCUT2D eigenvalue weighted by Crippen LogP contribution is -1.87. The minimum Gasteiger partial charge on any atom is -0.457 e. The van der Waals surface area contributed by atoms with Crippen LogP contribution in [0.3, 0.4) is 0 Å². The number of hydrogen-bond acceptors (Lipinski definition) is 2. The molecule has 2 heteroatoms. The molecule has 0 bridgehead atoms. The maximum absolute atomic E-state index is 9.67. The van der Waals surface area contributed by atoms with Gasteiger partial charge < -0.3 is 4.74 Å². The van der Waals surface area contributed by atoms with Crippen LogP contribution < -0.4 is 0 Å². The number of benzene rings is 1. The van der Waals surface area contributed by atoms with Crippen molar-refractivity contribution < 1.29 is 9.53 Å². The van der Waals surface area contributed by atoms with E-state index in [0.717, 1.165) is 12.0 Å². The van der Waals surface area contributed by atoms with E-state index in [4.69, 9.17) is 0 Å². The first-order valence-electron chi connectivity index (χ1n) is 4.14. The summed E-state index contributed by atoms with van der Waals surface area (Å²) in [6.07, 6.45) is 4.69. The molecular formula is C11H11O2. The van der Waals surface area contributed by atoms with Gasteiger partial charge in [0, 0.05) is 0 Å². The van der Waals surface area contributed by atoms with E-state index < -0.39 is 0 Å². The van der Waals surface area contributed by atoms with Gasteiger partial charge in [0.1, 0.15) is 0 Å². The molecule has 2 nitrogen and oxygen atoms in total. The Morgan fingerprint density at radius 2 is 2.08 bits per heavy atom. The van der Waals surface area contributed by atoms with E-state index in [1.54, 1.807) is 0 Å². The Kier molecular flexibility index (Phi) is 4.39. The summed E-state index contributed by atoms with van der Waals surface area (Å²) >= 11 is 0. The first-order chi connectivity index (χ1) is 6.43. The van der Waals surface area contributed by atoms with E-state index in [1.807, 2.05) is 42.5 Å². The lowest BCUT2D eigenvalue weighted by Gasteiger charge is -1.92. The van der Waals surface area contributed by atoms with Gasteiger partial charge in [0.25, 0.3) is 0 Å². The summed E-state index contributed by atoms with van der Waals surface area (Å²) in [7, 11) is 0. The lowest BCUT2D eigenvalue weighted by molar-refractivity contribution is 0.284. The molecule has 0 amide bonds. The molecule has 1 aromatic rings. The third-order valence-corrected chi connectivity index (χ3v) is 1.56. The van der Waals surface area contributed by atoms with Crippen LogP contribution in [-0.2, 0) is 9.53 Å². The van der Waals surface area contributed by atoms with Gasteiger partial charge in [0.2, 0.25) is 0 Å². The average molecular weight is 175 g/mol. The van der Waals surface area contributed by atoms with Crippen molar-refractivity contribution in [3.8, 4) is 0 Å². The van der Waals surface area contributed by atoms with E-state index in [0.29, 0.717) is 6.61 Å². The Bertz CT molecular complexity index is 265. The normalized spacial score (nSPS) is 10.2. The topological polar surface area (TPSA) is 26.3 Å². The van der Waals surface area contributed by atoms with E-state index >= 15 is 0 Å². The first kappa shape index (κ1) is 9.52. The van der Waals surface area contributed by atoms with Gasteiger partial charge in [-0.25, -0.2) is 4.79 Å². The number of carbonyl (C=O) groups excluding carboxylic acids is 1. The van der Waals surface area contributed by atoms with Gasteiger partial charge in [-0.15, -0.1) is 0 Å². The second-order valence-corrected chi connectivity index (χ2v) is 2.53. The van der Waals surface area contributed by atoms with Gasteiger partial charge in [0.15, 0.2) is 0 Å². The SMILES string of the molecule is O=[C]OCC/C=C/c1ccccc1. The molecule has 0 unspecified atom stereocenters. The Balaban J connectivity index is 2.28. The highest BCUT2D eigenvalue weighted by Gasteiger charge is 1.83. The summed E-state index contributed by atoms with van der Waals surface area (Å²) in [4.78, 5) is 9.67. The number of rotatable bonds is 5. The van der Waals surface area contributed by atoms with Crippen molar-refractivity contribution in [3.63, 3.8) is 0 Å². The Morgan fingerprint density at radius 3 is 2.77 bits per heavy atom. The molecule has 1 aromatic carbocycles. The van der Waals surface area contributed by atoms with Crippen molar-refractivity contribution in [2.24, 2.45) is 0 Å². The standard InChI is InChI=1S/C11H11O2/c12-10-13-9-5-4-8-11-6-2-1-3-7-11/h1-4,6-8H,5,9H2/b8-4+. The molecule has 0 aliphatic heterocycles. The van der Waals surface area contributed by atoms with Crippen LogP contribution in [0.15, 0.2) is 36.4 Å². The summed E-state index contributed by atoms with van der Waals surface area (Å²) in [5, 5.41) is 0. The Labute approximate surface area is 77.8 Å². The van der Waals surface area contributed by atoms with Crippen molar-refractivity contribution >= 4 is 12.5 Å². The molecule has 67 valence electrons. The Hall–Kier alpha value is -1.57. The summed E-state index contributed by atoms with van der Waals surface area (Å²) in [6.45, 7) is 1.78. The van der Waals surface area contributed by atoms with Crippen molar-refractivity contribution in [3.05, 3.63) is 42.0 Å². The molecular weight excluding hydrogens is 164 g/mol. The van der Waals surface area contributed by atoms with Crippen molar-refractivity contribution in [1.29, 1.82) is 0 Å². The molecule has 1 rings (SSSR count). The molecule has 0 N–H and O–H groups in total. The summed E-state index contributed by atoms with van der Waals surface area (Å²) in [5.41, 5.74) is 1.15. The highest BCUT2D eigenvalue weighted by molar-refractivity contribution is 5.48. The molecule has 0 spiro atoms. The molecule has 13 heavy (non-hydrogen) atoms. The first-order valence-corrected chi connectivity index (χ1v) is 4.14. The van der Waals surface area contributed by atoms with E-state index in [1.165, 1.54) is 6.47 Å². The molecule has 0 saturated carbocycles. The molecule has 1 radical (unpaired) electrons. The number of hydrogen-bond donors (Lipinski definition) is 0. The van der Waals surface area contributed by atoms with E-state index in [-0.39, 0.29) is 0 Å². The third-order valence-electron chi connectivity index (χ3n) is 1.56. The average Bonchev–Trinajstić information content (AvgIpc) is 2.19. The van der Waals surface area contributed by atoms with Crippen LogP contribution in [-0.4, -0.2) is 13.1 Å². The van der Waals surface area contributed by atoms with Gasteiger partial charge in [0.05, 0.1) is 6.61 Å². The van der Waals surface area contributed by atoms with Gasteiger partial charge in [-0.3, -0.25) is 0 Å². The maximum Gasteiger partial charge on any atom is 0.417 e. The van der Waals surface area contributed by atoms with Crippen LogP contribution in [0.4, 0.5) is 0 Å². The quantitative estimate of drug-likeness (QED) is 0.641. The highest BCUT2D eigenvalue weighted by atomic mass is 16.5.